The number of anilines is 1. The number of alkyl halides is 3. The highest BCUT2D eigenvalue weighted by molar-refractivity contribution is 6.04. The van der Waals surface area contributed by atoms with Crippen molar-refractivity contribution in [2.45, 2.75) is 19.6 Å². The number of halogens is 3. The van der Waals surface area contributed by atoms with Gasteiger partial charge in [-0.1, -0.05) is 12.0 Å². The Hall–Kier alpha value is -4.91. The van der Waals surface area contributed by atoms with Gasteiger partial charge in [0.2, 0.25) is 0 Å². The van der Waals surface area contributed by atoms with E-state index in [0.717, 1.165) is 17.7 Å². The summed E-state index contributed by atoms with van der Waals surface area (Å²) < 4.78 is 44.0. The van der Waals surface area contributed by atoms with Crippen molar-refractivity contribution in [3.05, 3.63) is 113 Å². The van der Waals surface area contributed by atoms with Crippen molar-refractivity contribution >= 4 is 17.2 Å². The Morgan fingerprint density at radius 3 is 2.65 bits per heavy atom. The van der Waals surface area contributed by atoms with Crippen molar-refractivity contribution in [3.63, 3.8) is 0 Å². The van der Waals surface area contributed by atoms with Crippen LogP contribution in [0.2, 0.25) is 0 Å². The summed E-state index contributed by atoms with van der Waals surface area (Å²) in [5, 5.41) is 2.60. The highest BCUT2D eigenvalue weighted by Gasteiger charge is 2.31. The van der Waals surface area contributed by atoms with Crippen LogP contribution in [0, 0.1) is 18.8 Å². The zero-order valence-electron chi connectivity index (χ0n) is 19.5. The lowest BCUT2D eigenvalue weighted by atomic mass is 10.0. The Morgan fingerprint density at radius 1 is 1.03 bits per heavy atom. The van der Waals surface area contributed by atoms with Crippen molar-refractivity contribution in [2.24, 2.45) is 0 Å². The average molecular weight is 500 g/mol. The molecule has 5 aromatic rings. The SMILES string of the molecule is Cc1ccc(C(=O)Nc2cc(Cn3ccnc3)cc(C(F)(F)F)c2)cc1C#Cc1cnc2cnccn12. The molecule has 0 aliphatic heterocycles. The van der Waals surface area contributed by atoms with Gasteiger partial charge in [-0.2, -0.15) is 13.2 Å². The minimum atomic E-state index is -4.56. The Labute approximate surface area is 209 Å². The van der Waals surface area contributed by atoms with Gasteiger partial charge in [0.15, 0.2) is 5.65 Å². The largest absolute Gasteiger partial charge is 0.416 e. The number of fused-ring (bicyclic) bond motifs is 1. The number of rotatable bonds is 4. The molecule has 2 aromatic carbocycles. The fourth-order valence-electron chi connectivity index (χ4n) is 3.78. The van der Waals surface area contributed by atoms with E-state index in [0.29, 0.717) is 22.5 Å². The smallest absolute Gasteiger partial charge is 0.333 e. The first-order valence-electron chi connectivity index (χ1n) is 11.1. The van der Waals surface area contributed by atoms with Crippen molar-refractivity contribution in [3.8, 4) is 11.8 Å². The molecule has 0 saturated carbocycles. The van der Waals surface area contributed by atoms with Gasteiger partial charge in [-0.25, -0.2) is 9.97 Å². The fourth-order valence-corrected chi connectivity index (χ4v) is 3.78. The minimum Gasteiger partial charge on any atom is -0.333 e. The van der Waals surface area contributed by atoms with Gasteiger partial charge in [0.05, 0.1) is 24.3 Å². The van der Waals surface area contributed by atoms with Gasteiger partial charge in [-0.3, -0.25) is 14.2 Å². The highest BCUT2D eigenvalue weighted by Crippen LogP contribution is 2.32. The lowest BCUT2D eigenvalue weighted by Crippen LogP contribution is -2.14. The van der Waals surface area contributed by atoms with Crippen LogP contribution in [0.25, 0.3) is 5.65 Å². The van der Waals surface area contributed by atoms with E-state index >= 15 is 0 Å². The van der Waals surface area contributed by atoms with Gasteiger partial charge in [0.1, 0.15) is 5.69 Å². The molecule has 3 heterocycles. The zero-order chi connectivity index (χ0) is 26.0. The van der Waals surface area contributed by atoms with E-state index < -0.39 is 17.6 Å². The van der Waals surface area contributed by atoms with E-state index in [1.165, 1.54) is 12.4 Å². The van der Waals surface area contributed by atoms with Gasteiger partial charge in [0, 0.05) is 48.1 Å². The molecule has 37 heavy (non-hydrogen) atoms. The molecule has 0 aliphatic carbocycles. The third kappa shape index (κ3) is 5.36. The Balaban J connectivity index is 1.42. The maximum Gasteiger partial charge on any atom is 0.416 e. The first kappa shape index (κ1) is 23.8. The first-order valence-corrected chi connectivity index (χ1v) is 11.1. The molecule has 0 spiro atoms. The molecule has 0 bridgehead atoms. The summed E-state index contributed by atoms with van der Waals surface area (Å²) in [6.07, 6.45) is 6.77. The lowest BCUT2D eigenvalue weighted by molar-refractivity contribution is -0.137. The van der Waals surface area contributed by atoms with E-state index in [4.69, 9.17) is 0 Å². The second kappa shape index (κ2) is 9.62. The summed E-state index contributed by atoms with van der Waals surface area (Å²) in [4.78, 5) is 25.2. The van der Waals surface area contributed by atoms with Crippen LogP contribution in [0.1, 0.15) is 38.3 Å². The van der Waals surface area contributed by atoms with Gasteiger partial charge < -0.3 is 9.88 Å². The molecule has 0 unspecified atom stereocenters. The molecule has 0 atom stereocenters. The number of aromatic nitrogens is 5. The summed E-state index contributed by atoms with van der Waals surface area (Å²) >= 11 is 0. The molecule has 1 amide bonds. The van der Waals surface area contributed by atoms with Crippen LogP contribution in [0.4, 0.5) is 18.9 Å². The number of aryl methyl sites for hydroxylation is 1. The molecule has 0 aliphatic rings. The summed E-state index contributed by atoms with van der Waals surface area (Å²) in [5.74, 6) is 5.57. The molecule has 10 heteroatoms. The van der Waals surface area contributed by atoms with Crippen LogP contribution >= 0.6 is 0 Å². The normalized spacial score (nSPS) is 11.2. The molecular formula is C27H19F3N6O. The Morgan fingerprint density at radius 2 is 1.86 bits per heavy atom. The number of carbonyl (C=O) groups excluding carboxylic acids is 1. The molecule has 1 N–H and O–H groups in total. The second-order valence-electron chi connectivity index (χ2n) is 8.33. The molecule has 0 saturated heterocycles. The molecule has 7 nitrogen and oxygen atoms in total. The van der Waals surface area contributed by atoms with Crippen LogP contribution in [0.5, 0.6) is 0 Å². The van der Waals surface area contributed by atoms with E-state index in [-0.39, 0.29) is 17.8 Å². The van der Waals surface area contributed by atoms with E-state index in [9.17, 15) is 18.0 Å². The number of imidazole rings is 2. The van der Waals surface area contributed by atoms with Crippen LogP contribution in [0.3, 0.4) is 0 Å². The molecule has 0 radical (unpaired) electrons. The number of nitrogens with zero attached hydrogens (tertiary/aromatic N) is 5. The second-order valence-corrected chi connectivity index (χ2v) is 8.33. The maximum absolute atomic E-state index is 13.5. The van der Waals surface area contributed by atoms with E-state index in [1.807, 2.05) is 6.92 Å². The van der Waals surface area contributed by atoms with E-state index in [1.54, 1.807) is 64.3 Å². The van der Waals surface area contributed by atoms with Crippen molar-refractivity contribution < 1.29 is 18.0 Å². The standard InChI is InChI=1S/C27H19F3N6O/c1-18-2-3-21(12-20(18)4-5-24-14-33-25-15-31-7-9-36(24)25)26(37)34-23-11-19(16-35-8-6-32-17-35)10-22(13-23)27(28,29)30/h2-3,6-15,17H,16H2,1H3,(H,34,37). The Bertz CT molecular complexity index is 1660. The maximum atomic E-state index is 13.5. The van der Waals surface area contributed by atoms with Gasteiger partial charge in [0.25, 0.3) is 5.91 Å². The van der Waals surface area contributed by atoms with Gasteiger partial charge in [-0.05, 0) is 54.3 Å². The number of carbonyl (C=O) groups is 1. The third-order valence-corrected chi connectivity index (χ3v) is 5.64. The molecule has 5 rings (SSSR count). The molecule has 0 fully saturated rings. The van der Waals surface area contributed by atoms with Crippen LogP contribution < -0.4 is 5.32 Å². The van der Waals surface area contributed by atoms with Crippen molar-refractivity contribution in [1.29, 1.82) is 0 Å². The van der Waals surface area contributed by atoms with Gasteiger partial charge in [-0.15, -0.1) is 0 Å². The van der Waals surface area contributed by atoms with Crippen molar-refractivity contribution in [2.75, 3.05) is 5.32 Å². The fraction of sp³-hybridized carbons (Fsp3) is 0.111. The number of nitrogens with one attached hydrogen (secondary N) is 1. The quantitative estimate of drug-likeness (QED) is 0.354. The summed E-state index contributed by atoms with van der Waals surface area (Å²) in [6.45, 7) is 2.04. The van der Waals surface area contributed by atoms with Crippen LogP contribution in [0.15, 0.2) is 79.9 Å². The monoisotopic (exact) mass is 500 g/mol. The lowest BCUT2D eigenvalue weighted by Gasteiger charge is -2.14. The summed E-state index contributed by atoms with van der Waals surface area (Å²) in [5.41, 5.74) is 2.61. The third-order valence-electron chi connectivity index (χ3n) is 5.64. The van der Waals surface area contributed by atoms with Crippen LogP contribution in [-0.4, -0.2) is 29.8 Å². The predicted octanol–water partition coefficient (Wildman–Crippen LogP) is 4.95. The number of benzene rings is 2. The molecule has 3 aromatic heterocycles. The number of amides is 1. The average Bonchev–Trinajstić information content (AvgIpc) is 3.53. The van der Waals surface area contributed by atoms with E-state index in [2.05, 4.69) is 32.1 Å². The highest BCUT2D eigenvalue weighted by atomic mass is 19.4. The first-order chi connectivity index (χ1) is 17.8. The van der Waals surface area contributed by atoms with Crippen LogP contribution in [-0.2, 0) is 12.7 Å². The number of hydrogen-bond acceptors (Lipinski definition) is 4. The predicted molar refractivity (Wildman–Crippen MR) is 131 cm³/mol. The van der Waals surface area contributed by atoms with Crippen molar-refractivity contribution in [1.82, 2.24) is 23.9 Å². The van der Waals surface area contributed by atoms with Gasteiger partial charge >= 0.3 is 6.18 Å². The summed E-state index contributed by atoms with van der Waals surface area (Å²) in [7, 11) is 0. The Kier molecular flexibility index (Phi) is 6.19. The topological polar surface area (TPSA) is 77.1 Å². The number of hydrogen-bond donors (Lipinski definition) is 1. The zero-order valence-corrected chi connectivity index (χ0v) is 19.5. The molecule has 184 valence electrons. The molecular weight excluding hydrogens is 481 g/mol. The minimum absolute atomic E-state index is 0.0440. The summed E-state index contributed by atoms with van der Waals surface area (Å²) in [6, 6.07) is 8.46.